The largest absolute Gasteiger partial charge is 0.453 e. The van der Waals surface area contributed by atoms with Crippen LogP contribution < -0.4 is 0 Å². The van der Waals surface area contributed by atoms with Crippen LogP contribution in [0.3, 0.4) is 0 Å². The van der Waals surface area contributed by atoms with Crippen LogP contribution in [-0.4, -0.2) is 24.2 Å². The lowest BCUT2D eigenvalue weighted by Crippen LogP contribution is -2.36. The summed E-state index contributed by atoms with van der Waals surface area (Å²) in [5.41, 5.74) is 0.00591. The summed E-state index contributed by atoms with van der Waals surface area (Å²) in [5, 5.41) is 0. The van der Waals surface area contributed by atoms with Gasteiger partial charge in [-0.1, -0.05) is 97.1 Å². The van der Waals surface area contributed by atoms with Crippen LogP contribution in [0.25, 0.3) is 0 Å². The normalized spacial score (nSPS) is 13.8. The molecule has 0 saturated carbocycles. The molecule has 0 N–H and O–H groups in total. The third-order valence-corrected chi connectivity index (χ3v) is 7.73. The van der Waals surface area contributed by atoms with Crippen LogP contribution in [0.1, 0.15) is 149 Å². The molecule has 0 aliphatic heterocycles. The summed E-state index contributed by atoms with van der Waals surface area (Å²) < 4.78 is 123. The van der Waals surface area contributed by atoms with E-state index in [2.05, 4.69) is 27.0 Å². The highest BCUT2D eigenvalue weighted by Gasteiger charge is 2.57. The van der Waals surface area contributed by atoms with Gasteiger partial charge < -0.3 is 0 Å². The second-order valence-corrected chi connectivity index (χ2v) is 12.6. The van der Waals surface area contributed by atoms with E-state index in [0.29, 0.717) is 25.2 Å². The molecule has 1 atom stereocenters. The van der Waals surface area contributed by atoms with Crippen molar-refractivity contribution in [3.63, 3.8) is 0 Å². The van der Waals surface area contributed by atoms with Gasteiger partial charge in [-0.25, -0.2) is 0 Å². The van der Waals surface area contributed by atoms with Gasteiger partial charge in [0.05, 0.1) is 0 Å². The summed E-state index contributed by atoms with van der Waals surface area (Å²) in [4.78, 5) is 0. The molecule has 258 valence electrons. The van der Waals surface area contributed by atoms with Gasteiger partial charge in [-0.15, -0.1) is 13.2 Å². The van der Waals surface area contributed by atoms with Gasteiger partial charge in [0.2, 0.25) is 0 Å². The molecule has 0 nitrogen and oxygen atoms in total. The molecule has 0 aliphatic carbocycles. The molecule has 0 aromatic heterocycles. The molecule has 0 bridgehead atoms. The van der Waals surface area contributed by atoms with Crippen LogP contribution in [0, 0.1) is 11.3 Å². The fraction of sp³-hybridized carbons (Fsp3) is 0.879. The quantitative estimate of drug-likeness (QED) is 0.0558. The molecule has 0 rings (SSSR count). The summed E-state index contributed by atoms with van der Waals surface area (Å²) in [5.74, 6) is -8.70. The molecule has 1 unspecified atom stereocenters. The summed E-state index contributed by atoms with van der Waals surface area (Å²) in [7, 11) is 0. The maximum atomic E-state index is 12.8. The lowest BCUT2D eigenvalue weighted by Gasteiger charge is -2.25. The first kappa shape index (κ1) is 43.9. The highest BCUT2D eigenvalue weighted by Crippen LogP contribution is 2.41. The van der Waals surface area contributed by atoms with Crippen LogP contribution in [0.15, 0.2) is 25.3 Å². The topological polar surface area (TPSA) is 0 Å². The van der Waals surface area contributed by atoms with E-state index in [1.54, 1.807) is 0 Å². The van der Waals surface area contributed by atoms with Gasteiger partial charge in [-0.05, 0) is 62.7 Å². The summed E-state index contributed by atoms with van der Waals surface area (Å²) in [6.07, 6.45) is 5.96. The lowest BCUT2D eigenvalue weighted by atomic mass is 9.81. The van der Waals surface area contributed by atoms with E-state index in [0.717, 1.165) is 83.5 Å². The minimum atomic E-state index is -5.42. The molecule has 0 amide bonds. The predicted octanol–water partition coefficient (Wildman–Crippen LogP) is 14.2. The number of alkyl halides is 10. The average Bonchev–Trinajstić information content (AvgIpc) is 2.88. The summed E-state index contributed by atoms with van der Waals surface area (Å²) in [6, 6.07) is 0. The Morgan fingerprint density at radius 3 is 1.16 bits per heavy atom. The zero-order valence-corrected chi connectivity index (χ0v) is 26.6. The summed E-state index contributed by atoms with van der Waals surface area (Å²) in [6.45, 7) is 13.5. The minimum absolute atomic E-state index is 0.00591. The number of allylic oxidation sites excluding steroid dienone is 2. The second-order valence-electron chi connectivity index (χ2n) is 12.6. The van der Waals surface area contributed by atoms with E-state index in [-0.39, 0.29) is 18.3 Å². The minimum Gasteiger partial charge on any atom is -0.196 e. The number of hydrogen-bond donors (Lipinski definition) is 0. The zero-order valence-electron chi connectivity index (χ0n) is 26.6. The number of unbranched alkanes of at least 4 members (excludes halogenated alkanes) is 10. The Balaban J connectivity index is 0. The Hall–Kier alpha value is -1.22. The maximum Gasteiger partial charge on any atom is 0.453 e. The van der Waals surface area contributed by atoms with Gasteiger partial charge in [0.25, 0.3) is 0 Å². The van der Waals surface area contributed by atoms with Crippen molar-refractivity contribution in [1.82, 2.24) is 0 Å². The molecule has 10 heteroatoms. The van der Waals surface area contributed by atoms with E-state index < -0.39 is 37.0 Å². The second kappa shape index (κ2) is 22.3. The maximum absolute atomic E-state index is 12.8. The molecule has 0 heterocycles. The third kappa shape index (κ3) is 23.8. The third-order valence-electron chi connectivity index (χ3n) is 7.73. The molecule has 0 saturated heterocycles. The van der Waals surface area contributed by atoms with Crippen LogP contribution in [0.2, 0.25) is 0 Å². The average molecular weight is 643 g/mol. The van der Waals surface area contributed by atoms with Crippen molar-refractivity contribution in [2.75, 3.05) is 0 Å². The van der Waals surface area contributed by atoms with Gasteiger partial charge in [-0.2, -0.15) is 43.9 Å². The van der Waals surface area contributed by atoms with Gasteiger partial charge in [0.15, 0.2) is 0 Å². The zero-order chi connectivity index (χ0) is 33.6. The van der Waals surface area contributed by atoms with E-state index in [1.807, 2.05) is 19.1 Å². The Labute approximate surface area is 254 Å². The van der Waals surface area contributed by atoms with Crippen molar-refractivity contribution >= 4 is 0 Å². The Bertz CT molecular complexity index is 693. The number of halogens is 10. The van der Waals surface area contributed by atoms with E-state index in [1.165, 1.54) is 0 Å². The Kier molecular flexibility index (Phi) is 22.8. The molecular weight excluding hydrogens is 586 g/mol. The van der Waals surface area contributed by atoms with E-state index in [4.69, 9.17) is 0 Å². The predicted molar refractivity (Wildman–Crippen MR) is 158 cm³/mol. The molecule has 43 heavy (non-hydrogen) atoms. The highest BCUT2D eigenvalue weighted by molar-refractivity contribution is 4.77. The van der Waals surface area contributed by atoms with E-state index in [9.17, 15) is 43.9 Å². The van der Waals surface area contributed by atoms with Crippen molar-refractivity contribution in [1.29, 1.82) is 0 Å². The smallest absolute Gasteiger partial charge is 0.196 e. The van der Waals surface area contributed by atoms with E-state index >= 15 is 0 Å². The molecule has 0 aliphatic rings. The standard InChI is InChI=1S/C17H29F5.C16H27F5/c1-4-5-6-7-8-9-12-15(2,3)13-10-11-14-16(18,19)17(20,21)22;1-3-4-5-6-7-8-11-14(2)12-9-10-13-15(17,18)16(19,20)21/h4H,1,5-14H2,2-3H3;3,14H,1,4-13H2,2H3. The van der Waals surface area contributed by atoms with Gasteiger partial charge >= 0.3 is 24.2 Å². The van der Waals surface area contributed by atoms with Crippen LogP contribution >= 0.6 is 0 Å². The summed E-state index contributed by atoms with van der Waals surface area (Å²) >= 11 is 0. The number of hydrogen-bond acceptors (Lipinski definition) is 0. The Morgan fingerprint density at radius 1 is 0.465 bits per heavy atom. The molecule has 0 spiro atoms. The van der Waals surface area contributed by atoms with Gasteiger partial charge in [0, 0.05) is 12.8 Å². The fourth-order valence-corrected chi connectivity index (χ4v) is 4.72. The van der Waals surface area contributed by atoms with Crippen molar-refractivity contribution in [3.05, 3.63) is 25.3 Å². The van der Waals surface area contributed by atoms with Gasteiger partial charge in [0.1, 0.15) is 0 Å². The molecule has 0 aromatic carbocycles. The van der Waals surface area contributed by atoms with Crippen molar-refractivity contribution in [2.24, 2.45) is 11.3 Å². The Morgan fingerprint density at radius 2 is 0.767 bits per heavy atom. The first-order valence-corrected chi connectivity index (χ1v) is 15.8. The first-order valence-electron chi connectivity index (χ1n) is 15.8. The van der Waals surface area contributed by atoms with Crippen molar-refractivity contribution in [3.8, 4) is 0 Å². The molecule has 0 fully saturated rings. The monoisotopic (exact) mass is 642 g/mol. The van der Waals surface area contributed by atoms with Crippen LogP contribution in [0.4, 0.5) is 43.9 Å². The molecule has 0 radical (unpaired) electrons. The molecular formula is C33H56F10. The lowest BCUT2D eigenvalue weighted by molar-refractivity contribution is -0.284. The van der Waals surface area contributed by atoms with Crippen molar-refractivity contribution in [2.45, 2.75) is 173 Å². The van der Waals surface area contributed by atoms with Crippen LogP contribution in [-0.2, 0) is 0 Å². The van der Waals surface area contributed by atoms with Gasteiger partial charge in [-0.3, -0.25) is 0 Å². The first-order chi connectivity index (χ1) is 19.7. The number of rotatable bonds is 24. The van der Waals surface area contributed by atoms with Crippen molar-refractivity contribution < 1.29 is 43.9 Å². The molecule has 0 aromatic rings. The fourth-order valence-electron chi connectivity index (χ4n) is 4.72. The van der Waals surface area contributed by atoms with Crippen LogP contribution in [0.5, 0.6) is 0 Å². The highest BCUT2D eigenvalue weighted by atomic mass is 19.4. The SMILES string of the molecule is C=CCCCCCCC(C)(C)CCCCC(F)(F)C(F)(F)F.C=CCCCCCCC(C)CCCCC(F)(F)C(F)(F)F.